The molecule has 0 fully saturated rings. The third-order valence-electron chi connectivity index (χ3n) is 3.27. The van der Waals surface area contributed by atoms with E-state index in [1.54, 1.807) is 29.2 Å². The van der Waals surface area contributed by atoms with Crippen molar-refractivity contribution in [3.63, 3.8) is 0 Å². The topological polar surface area (TPSA) is 91.5 Å². The van der Waals surface area contributed by atoms with E-state index in [1.165, 1.54) is 0 Å². The molecular weight excluding hydrogens is 282 g/mol. The Hall–Kier alpha value is -2.93. The largest absolute Gasteiger partial charge is 0.475 e. The van der Waals surface area contributed by atoms with Gasteiger partial charge in [0.05, 0.1) is 6.20 Å². The van der Waals surface area contributed by atoms with Gasteiger partial charge >= 0.3 is 0 Å². The van der Waals surface area contributed by atoms with Crippen LogP contribution in [-0.4, -0.2) is 32.7 Å². The van der Waals surface area contributed by atoms with Crippen molar-refractivity contribution < 1.29 is 9.15 Å². The summed E-state index contributed by atoms with van der Waals surface area (Å²) in [4.78, 5) is 8.42. The Morgan fingerprint density at radius 3 is 3.05 bits per heavy atom. The molecule has 0 aliphatic carbocycles. The van der Waals surface area contributed by atoms with E-state index in [0.717, 1.165) is 16.7 Å². The molecule has 7 heteroatoms. The lowest BCUT2D eigenvalue weighted by atomic mass is 10.3. The minimum atomic E-state index is 0.416. The number of imidazole rings is 1. The van der Waals surface area contributed by atoms with Crippen LogP contribution >= 0.6 is 0 Å². The summed E-state index contributed by atoms with van der Waals surface area (Å²) in [6, 6.07) is 7.35. The summed E-state index contributed by atoms with van der Waals surface area (Å²) in [7, 11) is 0. The molecule has 0 atom stereocenters. The number of nitrogens with zero attached hydrogens (tertiary/aromatic N) is 4. The smallest absolute Gasteiger partial charge is 0.231 e. The van der Waals surface area contributed by atoms with Crippen molar-refractivity contribution >= 4 is 16.6 Å². The fraction of sp³-hybridized carbons (Fsp3) is 0.133. The molecule has 0 aliphatic heterocycles. The third kappa shape index (κ3) is 2.08. The van der Waals surface area contributed by atoms with E-state index in [-0.39, 0.29) is 0 Å². The number of ether oxygens (including phenoxy) is 1. The Morgan fingerprint density at radius 2 is 2.18 bits per heavy atom. The van der Waals surface area contributed by atoms with Gasteiger partial charge in [0, 0.05) is 30.4 Å². The molecule has 4 aromatic rings. The maximum atomic E-state index is 5.84. The lowest BCUT2D eigenvalue weighted by molar-refractivity contribution is 0.310. The zero-order chi connectivity index (χ0) is 14.9. The number of rotatable bonds is 4. The second-order valence-electron chi connectivity index (χ2n) is 4.75. The van der Waals surface area contributed by atoms with Crippen molar-refractivity contribution in [3.05, 3.63) is 42.9 Å². The molecule has 2 N–H and O–H groups in total. The van der Waals surface area contributed by atoms with Gasteiger partial charge in [-0.3, -0.25) is 4.98 Å². The quantitative estimate of drug-likeness (QED) is 0.618. The van der Waals surface area contributed by atoms with E-state index < -0.39 is 0 Å². The first kappa shape index (κ1) is 12.8. The van der Waals surface area contributed by atoms with Crippen LogP contribution < -0.4 is 10.5 Å². The maximum Gasteiger partial charge on any atom is 0.231 e. The molecule has 0 saturated heterocycles. The van der Waals surface area contributed by atoms with Crippen LogP contribution in [0.1, 0.15) is 0 Å². The number of aromatic nitrogens is 4. The Morgan fingerprint density at radius 1 is 1.23 bits per heavy atom. The number of hydrogen-bond donors (Lipinski definition) is 1. The summed E-state index contributed by atoms with van der Waals surface area (Å²) in [5, 5.41) is 5.35. The molecule has 7 nitrogen and oxygen atoms in total. The van der Waals surface area contributed by atoms with Gasteiger partial charge in [0.25, 0.3) is 0 Å². The minimum Gasteiger partial charge on any atom is -0.475 e. The van der Waals surface area contributed by atoms with E-state index >= 15 is 0 Å². The van der Waals surface area contributed by atoms with Crippen LogP contribution in [0, 0.1) is 0 Å². The zero-order valence-corrected chi connectivity index (χ0v) is 11.6. The second-order valence-corrected chi connectivity index (χ2v) is 4.75. The molecule has 110 valence electrons. The van der Waals surface area contributed by atoms with Gasteiger partial charge in [-0.1, -0.05) is 0 Å². The Labute approximate surface area is 125 Å². The molecule has 0 radical (unpaired) electrons. The average molecular weight is 295 g/mol. The lowest BCUT2D eigenvalue weighted by Crippen LogP contribution is -2.12. The minimum absolute atomic E-state index is 0.416. The van der Waals surface area contributed by atoms with Gasteiger partial charge in [0.15, 0.2) is 11.4 Å². The summed E-state index contributed by atoms with van der Waals surface area (Å²) in [6.45, 7) is 0.853. The SMILES string of the molecule is NCCOc1ccc2ncc(-c3cc4cnccc4o3)n2n1. The van der Waals surface area contributed by atoms with Crippen LogP contribution in [0.2, 0.25) is 0 Å². The van der Waals surface area contributed by atoms with Gasteiger partial charge in [-0.2, -0.15) is 0 Å². The van der Waals surface area contributed by atoms with Crippen molar-refractivity contribution in [1.82, 2.24) is 19.6 Å². The summed E-state index contributed by atoms with van der Waals surface area (Å²) in [5.41, 5.74) is 7.68. The third-order valence-corrected chi connectivity index (χ3v) is 3.27. The molecule has 4 heterocycles. The number of furan rings is 1. The highest BCUT2D eigenvalue weighted by Gasteiger charge is 2.13. The first-order chi connectivity index (χ1) is 10.8. The number of hydrogen-bond acceptors (Lipinski definition) is 6. The Kier molecular flexibility index (Phi) is 2.97. The molecule has 4 aromatic heterocycles. The number of fused-ring (bicyclic) bond motifs is 2. The van der Waals surface area contributed by atoms with Crippen LogP contribution in [-0.2, 0) is 0 Å². The van der Waals surface area contributed by atoms with E-state index in [2.05, 4.69) is 15.1 Å². The molecule has 0 aromatic carbocycles. The molecule has 22 heavy (non-hydrogen) atoms. The van der Waals surface area contributed by atoms with Crippen LogP contribution in [0.3, 0.4) is 0 Å². The van der Waals surface area contributed by atoms with Gasteiger partial charge in [0.1, 0.15) is 17.9 Å². The molecule has 0 unspecified atom stereocenters. The Balaban J connectivity index is 1.83. The normalized spacial score (nSPS) is 11.3. The summed E-state index contributed by atoms with van der Waals surface area (Å²) in [6.07, 6.45) is 5.18. The standard InChI is InChI=1S/C15H13N5O2/c16-4-6-21-15-2-1-14-18-9-11(20(14)19-15)13-7-10-8-17-5-3-12(10)22-13/h1-3,5,7-9H,4,6,16H2. The molecule has 0 bridgehead atoms. The predicted molar refractivity (Wildman–Crippen MR) is 80.5 cm³/mol. The summed E-state index contributed by atoms with van der Waals surface area (Å²) >= 11 is 0. The average Bonchev–Trinajstić information content (AvgIpc) is 3.15. The number of nitrogens with two attached hydrogens (primary N) is 1. The monoisotopic (exact) mass is 295 g/mol. The predicted octanol–water partition coefficient (Wildman–Crippen LogP) is 1.87. The first-order valence-corrected chi connectivity index (χ1v) is 6.87. The molecule has 0 saturated carbocycles. The van der Waals surface area contributed by atoms with Crippen LogP contribution in [0.15, 0.2) is 47.3 Å². The van der Waals surface area contributed by atoms with Gasteiger partial charge in [-0.15, -0.1) is 5.10 Å². The molecule has 4 rings (SSSR count). The van der Waals surface area contributed by atoms with Gasteiger partial charge in [-0.25, -0.2) is 9.50 Å². The van der Waals surface area contributed by atoms with E-state index in [4.69, 9.17) is 14.9 Å². The Bertz CT molecular complexity index is 910. The first-order valence-electron chi connectivity index (χ1n) is 6.87. The van der Waals surface area contributed by atoms with Crippen molar-refractivity contribution in [2.24, 2.45) is 5.73 Å². The van der Waals surface area contributed by atoms with Crippen molar-refractivity contribution in [1.29, 1.82) is 0 Å². The number of pyridine rings is 1. The van der Waals surface area contributed by atoms with E-state index in [0.29, 0.717) is 30.4 Å². The van der Waals surface area contributed by atoms with Crippen LogP contribution in [0.5, 0.6) is 5.88 Å². The molecule has 0 amide bonds. The summed E-state index contributed by atoms with van der Waals surface area (Å²) in [5.74, 6) is 1.17. The fourth-order valence-electron chi connectivity index (χ4n) is 2.28. The van der Waals surface area contributed by atoms with Gasteiger partial charge < -0.3 is 14.9 Å². The maximum absolute atomic E-state index is 5.84. The van der Waals surface area contributed by atoms with Crippen molar-refractivity contribution in [3.8, 4) is 17.3 Å². The van der Waals surface area contributed by atoms with Gasteiger partial charge in [0.2, 0.25) is 5.88 Å². The zero-order valence-electron chi connectivity index (χ0n) is 11.6. The molecule has 0 aliphatic rings. The highest BCUT2D eigenvalue weighted by molar-refractivity contribution is 5.81. The van der Waals surface area contributed by atoms with Crippen LogP contribution in [0.25, 0.3) is 28.1 Å². The molecular formula is C15H13N5O2. The molecule has 0 spiro atoms. The van der Waals surface area contributed by atoms with Crippen molar-refractivity contribution in [2.75, 3.05) is 13.2 Å². The lowest BCUT2D eigenvalue weighted by Gasteiger charge is -2.04. The highest BCUT2D eigenvalue weighted by atomic mass is 16.5. The van der Waals surface area contributed by atoms with Crippen LogP contribution in [0.4, 0.5) is 0 Å². The fourth-order valence-corrected chi connectivity index (χ4v) is 2.28. The van der Waals surface area contributed by atoms with Crippen molar-refractivity contribution in [2.45, 2.75) is 0 Å². The highest BCUT2D eigenvalue weighted by Crippen LogP contribution is 2.27. The van der Waals surface area contributed by atoms with Gasteiger partial charge in [-0.05, 0) is 18.2 Å². The van der Waals surface area contributed by atoms with E-state index in [9.17, 15) is 0 Å². The second kappa shape index (κ2) is 5.12. The van der Waals surface area contributed by atoms with E-state index in [1.807, 2.05) is 18.2 Å². The summed E-state index contributed by atoms with van der Waals surface area (Å²) < 4.78 is 13.0.